The van der Waals surface area contributed by atoms with Crippen LogP contribution < -0.4 is 4.52 Å². The van der Waals surface area contributed by atoms with Crippen molar-refractivity contribution in [2.45, 2.75) is 0 Å². The van der Waals surface area contributed by atoms with E-state index in [2.05, 4.69) is 15.9 Å². The Morgan fingerprint density at radius 3 is 2.16 bits per heavy atom. The third kappa shape index (κ3) is 3.71. The van der Waals surface area contributed by atoms with Crippen LogP contribution in [0.25, 0.3) is 0 Å². The summed E-state index contributed by atoms with van der Waals surface area (Å²) in [4.78, 5) is 0. The lowest BCUT2D eigenvalue weighted by molar-refractivity contribution is 0.260. The minimum absolute atomic E-state index is 0.0680. The van der Waals surface area contributed by atoms with Crippen molar-refractivity contribution in [2.24, 2.45) is 0 Å². The first-order chi connectivity index (χ1) is 8.66. The fourth-order valence-electron chi connectivity index (χ4n) is 1.08. The topological polar surface area (TPSA) is 82.1 Å². The van der Waals surface area contributed by atoms with Crippen LogP contribution in [-0.2, 0) is 18.8 Å². The van der Waals surface area contributed by atoms with Crippen molar-refractivity contribution in [1.29, 1.82) is 0 Å². The third-order valence-electron chi connectivity index (χ3n) is 1.91. The summed E-state index contributed by atoms with van der Waals surface area (Å²) >= 11 is 14.9. The molecule has 1 N–H and O–H groups in total. The van der Waals surface area contributed by atoms with Crippen LogP contribution in [0.2, 0.25) is 10.0 Å². The van der Waals surface area contributed by atoms with Crippen LogP contribution in [0, 0.1) is 0 Å². The van der Waals surface area contributed by atoms with E-state index in [0.29, 0.717) is 4.47 Å². The summed E-state index contributed by atoms with van der Waals surface area (Å²) in [5.41, 5.74) is 0. The Kier molecular flexibility index (Phi) is 5.86. The Labute approximate surface area is 129 Å². The molecular formula is C8H9BrCl2O6PS+. The molecule has 108 valence electrons. The number of halogens is 3. The van der Waals surface area contributed by atoms with Gasteiger partial charge in [0.25, 0.3) is 0 Å². The van der Waals surface area contributed by atoms with E-state index in [1.807, 2.05) is 0 Å². The third-order valence-corrected chi connectivity index (χ3v) is 8.10. The smallest absolute Gasteiger partial charge is 0.268 e. The quantitative estimate of drug-likeness (QED) is 0.445. The summed E-state index contributed by atoms with van der Waals surface area (Å²) in [5, 5.41) is 0.304. The lowest BCUT2D eigenvalue weighted by atomic mass is 10.3. The van der Waals surface area contributed by atoms with Gasteiger partial charge in [0.05, 0.1) is 24.3 Å². The Balaban J connectivity index is 3.29. The number of hydrogen-bond acceptors (Lipinski definition) is 5. The molecule has 0 bridgehead atoms. The van der Waals surface area contributed by atoms with Crippen LogP contribution in [0.3, 0.4) is 0 Å². The van der Waals surface area contributed by atoms with Crippen molar-refractivity contribution in [3.8, 4) is 5.75 Å². The molecular weight excluding hydrogens is 406 g/mol. The molecule has 0 saturated carbocycles. The molecule has 0 spiro atoms. The normalized spacial score (nSPS) is 12.5. The summed E-state index contributed by atoms with van der Waals surface area (Å²) in [5.74, 6) is -0.0930. The van der Waals surface area contributed by atoms with E-state index in [0.717, 1.165) is 14.2 Å². The lowest BCUT2D eigenvalue weighted by Crippen LogP contribution is -2.16. The van der Waals surface area contributed by atoms with E-state index in [-0.39, 0.29) is 15.8 Å². The zero-order valence-corrected chi connectivity index (χ0v) is 14.4. The highest BCUT2D eigenvalue weighted by atomic mass is 79.9. The van der Waals surface area contributed by atoms with Crippen molar-refractivity contribution >= 4 is 56.0 Å². The number of benzene rings is 1. The molecule has 0 fully saturated rings. The summed E-state index contributed by atoms with van der Waals surface area (Å²) < 4.78 is 46.8. The van der Waals surface area contributed by atoms with Gasteiger partial charge < -0.3 is 0 Å². The first kappa shape index (κ1) is 17.4. The van der Waals surface area contributed by atoms with Crippen molar-refractivity contribution in [1.82, 2.24) is 0 Å². The minimum atomic E-state index is -4.73. The average Bonchev–Trinajstić information content (AvgIpc) is 2.30. The van der Waals surface area contributed by atoms with Crippen LogP contribution in [-0.4, -0.2) is 27.2 Å². The largest absolute Gasteiger partial charge is 0.610 e. The molecule has 1 aromatic carbocycles. The maximum atomic E-state index is 11.3. The number of rotatable bonds is 5. The summed E-state index contributed by atoms with van der Waals surface area (Å²) in [6.45, 7) is 0. The average molecular weight is 415 g/mol. The standard InChI is InChI=1S/C8H8BrCl2O6PS/c1-15-18(16-2,19(12,13)14)17-8-4-6(10)5(9)3-7(8)11/h3-4H,1-2H3/p+1. The Morgan fingerprint density at radius 2 is 1.74 bits per heavy atom. The predicted molar refractivity (Wildman–Crippen MR) is 77.3 cm³/mol. The van der Waals surface area contributed by atoms with Gasteiger partial charge in [0, 0.05) is 10.5 Å². The minimum Gasteiger partial charge on any atom is -0.268 e. The summed E-state index contributed by atoms with van der Waals surface area (Å²) in [7, 11) is -6.74. The van der Waals surface area contributed by atoms with E-state index in [1.54, 1.807) is 0 Å². The molecule has 0 aliphatic rings. The number of hydrogen-bond donors (Lipinski definition) is 1. The monoisotopic (exact) mass is 413 g/mol. The van der Waals surface area contributed by atoms with E-state index < -0.39 is 16.9 Å². The van der Waals surface area contributed by atoms with E-state index in [4.69, 9.17) is 41.3 Å². The fraction of sp³-hybridized carbons (Fsp3) is 0.250. The summed E-state index contributed by atoms with van der Waals surface area (Å²) in [6.07, 6.45) is 0. The second-order valence-electron chi connectivity index (χ2n) is 3.05. The van der Waals surface area contributed by atoms with Crippen molar-refractivity contribution < 1.29 is 26.5 Å². The van der Waals surface area contributed by atoms with Gasteiger partial charge in [0.2, 0.25) is 5.75 Å². The van der Waals surface area contributed by atoms with Gasteiger partial charge in [-0.3, -0.25) is 4.52 Å². The molecule has 0 heterocycles. The van der Waals surface area contributed by atoms with Crippen molar-refractivity contribution in [2.75, 3.05) is 14.2 Å². The highest BCUT2D eigenvalue weighted by molar-refractivity contribution is 9.10. The van der Waals surface area contributed by atoms with Gasteiger partial charge in [0.15, 0.2) is 0 Å². The van der Waals surface area contributed by atoms with Crippen LogP contribution in [0.4, 0.5) is 0 Å². The van der Waals surface area contributed by atoms with Crippen LogP contribution in [0.1, 0.15) is 0 Å². The second kappa shape index (κ2) is 6.41. The molecule has 0 unspecified atom stereocenters. The van der Waals surface area contributed by atoms with Gasteiger partial charge in [-0.15, -0.1) is 0 Å². The van der Waals surface area contributed by atoms with Crippen LogP contribution in [0.5, 0.6) is 5.75 Å². The molecule has 11 heteroatoms. The first-order valence-corrected chi connectivity index (χ1v) is 9.63. The Hall–Kier alpha value is 0.340. The van der Waals surface area contributed by atoms with Crippen molar-refractivity contribution in [3.05, 3.63) is 26.7 Å². The van der Waals surface area contributed by atoms with E-state index >= 15 is 0 Å². The van der Waals surface area contributed by atoms with Gasteiger partial charge in [-0.25, -0.2) is 4.55 Å². The van der Waals surface area contributed by atoms with Gasteiger partial charge in [-0.2, -0.15) is 17.5 Å². The zero-order valence-electron chi connectivity index (χ0n) is 9.63. The van der Waals surface area contributed by atoms with Gasteiger partial charge >= 0.3 is 16.9 Å². The molecule has 1 rings (SSSR count). The van der Waals surface area contributed by atoms with Gasteiger partial charge in [0.1, 0.15) is 0 Å². The highest BCUT2D eigenvalue weighted by Gasteiger charge is 2.61. The van der Waals surface area contributed by atoms with Crippen LogP contribution in [0.15, 0.2) is 16.6 Å². The SMILES string of the molecule is CO[P+](OC)(Oc1cc(Cl)c(Br)cc1Cl)S(=O)(=O)O. The second-order valence-corrected chi connectivity index (χ2v) is 10.1. The maximum Gasteiger partial charge on any atom is 0.610 e. The van der Waals surface area contributed by atoms with E-state index in [9.17, 15) is 8.42 Å². The van der Waals surface area contributed by atoms with Gasteiger partial charge in [-0.1, -0.05) is 23.2 Å². The summed E-state index contributed by atoms with van der Waals surface area (Å²) in [6, 6.07) is 2.68. The van der Waals surface area contributed by atoms with Crippen molar-refractivity contribution in [3.63, 3.8) is 0 Å². The first-order valence-electron chi connectivity index (χ1n) is 4.49. The molecule has 0 aromatic heterocycles. The Bertz CT molecular complexity index is 577. The molecule has 1 aromatic rings. The molecule has 19 heavy (non-hydrogen) atoms. The zero-order chi connectivity index (χ0) is 14.8. The molecule has 0 amide bonds. The molecule has 0 saturated heterocycles. The molecule has 0 aliphatic carbocycles. The molecule has 0 aliphatic heterocycles. The lowest BCUT2D eigenvalue weighted by Gasteiger charge is -2.16. The molecule has 0 radical (unpaired) electrons. The van der Waals surface area contributed by atoms with E-state index in [1.165, 1.54) is 12.1 Å². The highest BCUT2D eigenvalue weighted by Crippen LogP contribution is 2.65. The maximum absolute atomic E-state index is 11.3. The molecule has 0 atom stereocenters. The fourth-order valence-corrected chi connectivity index (χ4v) is 4.78. The van der Waals surface area contributed by atoms with Crippen LogP contribution >= 0.6 is 46.3 Å². The predicted octanol–water partition coefficient (Wildman–Crippen LogP) is 3.99. The van der Waals surface area contributed by atoms with Gasteiger partial charge in [-0.05, 0) is 22.0 Å². The Morgan fingerprint density at radius 1 is 1.21 bits per heavy atom. The molecule has 6 nitrogen and oxygen atoms in total.